The topological polar surface area (TPSA) is 61.4 Å². The van der Waals surface area contributed by atoms with Gasteiger partial charge >= 0.3 is 0 Å². The number of amides is 2. The van der Waals surface area contributed by atoms with Crippen molar-refractivity contribution < 1.29 is 9.59 Å². The number of carbonyl (C=O) groups is 2. The number of nitrogens with zero attached hydrogens (tertiary/aromatic N) is 1. The Bertz CT molecular complexity index is 1000. The minimum Gasteiger partial charge on any atom is -0.325 e. The second-order valence-corrected chi connectivity index (χ2v) is 8.50. The molecule has 0 bridgehead atoms. The van der Waals surface area contributed by atoms with E-state index in [4.69, 9.17) is 0 Å². The number of aryl methyl sites for hydroxylation is 2. The molecule has 0 aliphatic carbocycles. The largest absolute Gasteiger partial charge is 0.325 e. The Morgan fingerprint density at radius 1 is 1.24 bits per heavy atom. The predicted molar refractivity (Wildman–Crippen MR) is 114 cm³/mol. The minimum atomic E-state index is -0.892. The zero-order valence-electron chi connectivity index (χ0n) is 17.0. The molecule has 2 aromatic carbocycles. The highest BCUT2D eigenvalue weighted by Gasteiger charge is 2.65. The van der Waals surface area contributed by atoms with Gasteiger partial charge in [0.1, 0.15) is 5.54 Å². The molecule has 0 aromatic heterocycles. The molecule has 3 unspecified atom stereocenters. The molecule has 150 valence electrons. The number of hydrogen-bond donors (Lipinski definition) is 2. The molecule has 3 heterocycles. The third-order valence-electron chi connectivity index (χ3n) is 7.08. The Balaban J connectivity index is 1.58. The van der Waals surface area contributed by atoms with E-state index in [0.29, 0.717) is 0 Å². The highest BCUT2D eigenvalue weighted by atomic mass is 16.2. The molecule has 3 atom stereocenters. The van der Waals surface area contributed by atoms with Crippen LogP contribution in [0.4, 0.5) is 11.4 Å². The highest BCUT2D eigenvalue weighted by molar-refractivity contribution is 6.10. The van der Waals surface area contributed by atoms with Gasteiger partial charge in [-0.15, -0.1) is 0 Å². The summed E-state index contributed by atoms with van der Waals surface area (Å²) in [4.78, 5) is 29.4. The second kappa shape index (κ2) is 6.70. The summed E-state index contributed by atoms with van der Waals surface area (Å²) in [6, 6.07) is 14.2. The molecule has 3 aliphatic rings. The summed E-state index contributed by atoms with van der Waals surface area (Å²) in [6.07, 6.45) is 3.70. The Hall–Kier alpha value is -2.66. The van der Waals surface area contributed by atoms with Gasteiger partial charge in [0.05, 0.1) is 5.92 Å². The van der Waals surface area contributed by atoms with Crippen LogP contribution in [-0.2, 0) is 21.5 Å². The molecule has 5 rings (SSSR count). The van der Waals surface area contributed by atoms with Crippen LogP contribution in [0.3, 0.4) is 0 Å². The third kappa shape index (κ3) is 2.50. The molecule has 2 amide bonds. The highest BCUT2D eigenvalue weighted by Crippen LogP contribution is 2.55. The van der Waals surface area contributed by atoms with Crippen molar-refractivity contribution in [2.45, 2.75) is 51.1 Å². The molecule has 3 aliphatic heterocycles. The van der Waals surface area contributed by atoms with Crippen molar-refractivity contribution in [1.29, 1.82) is 0 Å². The quantitative estimate of drug-likeness (QED) is 0.839. The van der Waals surface area contributed by atoms with Gasteiger partial charge in [0, 0.05) is 23.0 Å². The molecule has 0 radical (unpaired) electrons. The summed E-state index contributed by atoms with van der Waals surface area (Å²) in [5, 5.41) is 6.28. The van der Waals surface area contributed by atoms with Gasteiger partial charge in [-0.25, -0.2) is 0 Å². The molecule has 5 nitrogen and oxygen atoms in total. The molecule has 0 saturated carbocycles. The first-order valence-electron chi connectivity index (χ1n) is 10.6. The van der Waals surface area contributed by atoms with Crippen molar-refractivity contribution in [2.24, 2.45) is 5.92 Å². The maximum atomic E-state index is 13.7. The second-order valence-electron chi connectivity index (χ2n) is 8.50. The summed E-state index contributed by atoms with van der Waals surface area (Å²) in [5.74, 6) is -0.500. The predicted octanol–water partition coefficient (Wildman–Crippen LogP) is 3.83. The minimum absolute atomic E-state index is 0.0461. The Labute approximate surface area is 171 Å². The van der Waals surface area contributed by atoms with E-state index in [1.165, 1.54) is 0 Å². The van der Waals surface area contributed by atoms with Gasteiger partial charge in [-0.3, -0.25) is 14.5 Å². The van der Waals surface area contributed by atoms with Crippen LogP contribution < -0.4 is 10.6 Å². The van der Waals surface area contributed by atoms with E-state index < -0.39 is 11.5 Å². The molecule has 2 N–H and O–H groups in total. The van der Waals surface area contributed by atoms with E-state index in [1.807, 2.05) is 43.3 Å². The Morgan fingerprint density at radius 3 is 2.90 bits per heavy atom. The van der Waals surface area contributed by atoms with Gasteiger partial charge in [-0.1, -0.05) is 43.3 Å². The maximum absolute atomic E-state index is 13.7. The molecule has 5 heteroatoms. The fourth-order valence-electron chi connectivity index (χ4n) is 5.79. The van der Waals surface area contributed by atoms with E-state index >= 15 is 0 Å². The first kappa shape index (κ1) is 18.4. The lowest BCUT2D eigenvalue weighted by Crippen LogP contribution is -2.53. The Kier molecular flexibility index (Phi) is 4.24. The summed E-state index contributed by atoms with van der Waals surface area (Å²) >= 11 is 0. The van der Waals surface area contributed by atoms with Gasteiger partial charge < -0.3 is 10.6 Å². The van der Waals surface area contributed by atoms with Crippen molar-refractivity contribution >= 4 is 23.2 Å². The van der Waals surface area contributed by atoms with Gasteiger partial charge in [0.15, 0.2) is 0 Å². The SMILES string of the molecule is CCc1cccc(C)c1NC(=O)C1CC2CCCN2C12C(=O)Nc1ccccc12. The lowest BCUT2D eigenvalue weighted by atomic mass is 9.78. The number of hydrogen-bond acceptors (Lipinski definition) is 3. The van der Waals surface area contributed by atoms with Crippen molar-refractivity contribution in [3.05, 3.63) is 59.2 Å². The standard InChI is InChI=1S/C24H27N3O2/c1-3-16-9-6-8-15(2)21(16)26-22(28)19-14-17-10-7-13-27(17)24(19)18-11-4-5-12-20(18)25-23(24)29/h4-6,8-9,11-12,17,19H,3,7,10,13-14H2,1-2H3,(H,25,29)(H,26,28). The van der Waals surface area contributed by atoms with E-state index in [9.17, 15) is 9.59 Å². The molecule has 2 fully saturated rings. The fourth-order valence-corrected chi connectivity index (χ4v) is 5.79. The van der Waals surface area contributed by atoms with Crippen LogP contribution in [0.25, 0.3) is 0 Å². The molecule has 2 saturated heterocycles. The fraction of sp³-hybridized carbons (Fsp3) is 0.417. The van der Waals surface area contributed by atoms with Crippen LogP contribution in [-0.4, -0.2) is 29.3 Å². The smallest absolute Gasteiger partial charge is 0.250 e. The van der Waals surface area contributed by atoms with Gasteiger partial charge in [0.25, 0.3) is 0 Å². The summed E-state index contributed by atoms with van der Waals surface area (Å²) in [5.41, 5.74) is 3.98. The molecule has 1 spiro atoms. The van der Waals surface area contributed by atoms with Gasteiger partial charge in [0.2, 0.25) is 11.8 Å². The number of rotatable bonds is 3. The first-order valence-corrected chi connectivity index (χ1v) is 10.6. The van der Waals surface area contributed by atoms with Crippen LogP contribution in [0.5, 0.6) is 0 Å². The third-order valence-corrected chi connectivity index (χ3v) is 7.08. The van der Waals surface area contributed by atoms with Crippen molar-refractivity contribution in [3.63, 3.8) is 0 Å². The number of anilines is 2. The van der Waals surface area contributed by atoms with Crippen LogP contribution in [0.1, 0.15) is 42.9 Å². The summed E-state index contributed by atoms with van der Waals surface area (Å²) in [6.45, 7) is 4.98. The van der Waals surface area contributed by atoms with E-state index in [1.54, 1.807) is 0 Å². The zero-order valence-corrected chi connectivity index (χ0v) is 17.0. The van der Waals surface area contributed by atoms with Crippen LogP contribution >= 0.6 is 0 Å². The normalized spacial score (nSPS) is 27.7. The van der Waals surface area contributed by atoms with Crippen molar-refractivity contribution in [2.75, 3.05) is 17.2 Å². The van der Waals surface area contributed by atoms with Crippen LogP contribution in [0, 0.1) is 12.8 Å². The Morgan fingerprint density at radius 2 is 2.07 bits per heavy atom. The zero-order chi connectivity index (χ0) is 20.2. The average molecular weight is 389 g/mol. The maximum Gasteiger partial charge on any atom is 0.250 e. The molecular weight excluding hydrogens is 362 g/mol. The summed E-state index contributed by atoms with van der Waals surface area (Å²) < 4.78 is 0. The van der Waals surface area contributed by atoms with E-state index in [-0.39, 0.29) is 17.9 Å². The van der Waals surface area contributed by atoms with E-state index in [0.717, 1.165) is 60.3 Å². The van der Waals surface area contributed by atoms with Crippen molar-refractivity contribution in [1.82, 2.24) is 4.90 Å². The average Bonchev–Trinajstić information content (AvgIpc) is 3.38. The lowest BCUT2D eigenvalue weighted by Gasteiger charge is -2.36. The van der Waals surface area contributed by atoms with E-state index in [2.05, 4.69) is 28.5 Å². The number of fused-ring (bicyclic) bond motifs is 4. The van der Waals surface area contributed by atoms with Crippen molar-refractivity contribution in [3.8, 4) is 0 Å². The monoisotopic (exact) mass is 389 g/mol. The number of nitrogens with one attached hydrogen (secondary N) is 2. The number of benzene rings is 2. The summed E-state index contributed by atoms with van der Waals surface area (Å²) in [7, 11) is 0. The van der Waals surface area contributed by atoms with Crippen LogP contribution in [0.15, 0.2) is 42.5 Å². The molecule has 29 heavy (non-hydrogen) atoms. The molecular formula is C24H27N3O2. The first-order chi connectivity index (χ1) is 14.1. The van der Waals surface area contributed by atoms with Gasteiger partial charge in [-0.2, -0.15) is 0 Å². The number of para-hydroxylation sites is 2. The van der Waals surface area contributed by atoms with Gasteiger partial charge in [-0.05, 0) is 56.3 Å². The lowest BCUT2D eigenvalue weighted by molar-refractivity contribution is -0.135. The number of carbonyl (C=O) groups excluding carboxylic acids is 2. The van der Waals surface area contributed by atoms with Crippen LogP contribution in [0.2, 0.25) is 0 Å². The molecule has 2 aromatic rings.